The number of benzene rings is 1. The molecule has 1 unspecified atom stereocenters. The van der Waals surface area contributed by atoms with Gasteiger partial charge in [0.25, 0.3) is 0 Å². The molecule has 2 aliphatic rings. The van der Waals surface area contributed by atoms with Crippen LogP contribution in [0.1, 0.15) is 56.6 Å². The van der Waals surface area contributed by atoms with Crippen LogP contribution < -0.4 is 10.6 Å². The van der Waals surface area contributed by atoms with Crippen LogP contribution in [0.3, 0.4) is 0 Å². The first-order valence-electron chi connectivity index (χ1n) is 11.2. The number of piperidine rings is 1. The number of amides is 1. The summed E-state index contributed by atoms with van der Waals surface area (Å²) >= 11 is 0. The number of hydrogen-bond donors (Lipinski definition) is 2. The third kappa shape index (κ3) is 6.74. The number of likely N-dealkylation sites (tertiary alicyclic amines) is 2. The summed E-state index contributed by atoms with van der Waals surface area (Å²) < 4.78 is 0. The molecule has 160 valence electrons. The highest BCUT2D eigenvalue weighted by Gasteiger charge is 2.20. The Bertz CT molecular complexity index is 690. The molecule has 1 aromatic rings. The van der Waals surface area contributed by atoms with Crippen molar-refractivity contribution in [2.75, 3.05) is 33.2 Å². The van der Waals surface area contributed by atoms with Gasteiger partial charge in [0, 0.05) is 52.2 Å². The number of carbonyl (C=O) groups excluding carboxylic acids is 1. The quantitative estimate of drug-likeness (QED) is 0.401. The van der Waals surface area contributed by atoms with E-state index in [1.54, 1.807) is 0 Å². The van der Waals surface area contributed by atoms with E-state index in [2.05, 4.69) is 51.7 Å². The van der Waals surface area contributed by atoms with E-state index in [0.29, 0.717) is 13.0 Å². The fraction of sp³-hybridized carbons (Fsp3) is 0.652. The highest BCUT2D eigenvalue weighted by Crippen LogP contribution is 2.16. The van der Waals surface area contributed by atoms with Crippen LogP contribution in [0, 0.1) is 0 Å². The van der Waals surface area contributed by atoms with Gasteiger partial charge in [0.15, 0.2) is 5.96 Å². The number of guanidine groups is 1. The minimum Gasteiger partial charge on any atom is -0.356 e. The van der Waals surface area contributed by atoms with Crippen molar-refractivity contribution in [1.29, 1.82) is 0 Å². The number of hydrogen-bond acceptors (Lipinski definition) is 3. The number of nitrogens with one attached hydrogen (secondary N) is 2. The van der Waals surface area contributed by atoms with E-state index in [1.807, 2.05) is 11.9 Å². The van der Waals surface area contributed by atoms with Crippen LogP contribution in [-0.2, 0) is 17.9 Å². The van der Waals surface area contributed by atoms with Crippen molar-refractivity contribution >= 4 is 11.9 Å². The summed E-state index contributed by atoms with van der Waals surface area (Å²) in [6.07, 6.45) is 6.86. The molecule has 6 nitrogen and oxygen atoms in total. The average molecular weight is 400 g/mol. The van der Waals surface area contributed by atoms with Crippen molar-refractivity contribution in [3.63, 3.8) is 0 Å². The lowest BCUT2D eigenvalue weighted by Crippen LogP contribution is -2.41. The highest BCUT2D eigenvalue weighted by atomic mass is 16.2. The van der Waals surface area contributed by atoms with E-state index in [-0.39, 0.29) is 5.91 Å². The van der Waals surface area contributed by atoms with E-state index >= 15 is 0 Å². The van der Waals surface area contributed by atoms with E-state index in [1.165, 1.54) is 36.9 Å². The molecule has 2 fully saturated rings. The summed E-state index contributed by atoms with van der Waals surface area (Å²) in [5, 5.41) is 6.84. The monoisotopic (exact) mass is 399 g/mol. The molecule has 3 rings (SSSR count). The van der Waals surface area contributed by atoms with Crippen molar-refractivity contribution in [3.05, 3.63) is 35.4 Å². The Hall–Kier alpha value is -2.08. The summed E-state index contributed by atoms with van der Waals surface area (Å²) in [6.45, 7) is 8.00. The molecule has 0 radical (unpaired) electrons. The van der Waals surface area contributed by atoms with Crippen molar-refractivity contribution in [3.8, 4) is 0 Å². The molecule has 2 N–H and O–H groups in total. The lowest BCUT2D eigenvalue weighted by Gasteiger charge is -2.33. The van der Waals surface area contributed by atoms with Crippen molar-refractivity contribution in [2.45, 2.75) is 64.6 Å². The van der Waals surface area contributed by atoms with E-state index in [0.717, 1.165) is 51.0 Å². The minimum atomic E-state index is 0.275. The van der Waals surface area contributed by atoms with Gasteiger partial charge < -0.3 is 20.4 Å². The van der Waals surface area contributed by atoms with Gasteiger partial charge in [-0.2, -0.15) is 0 Å². The molecule has 6 heteroatoms. The van der Waals surface area contributed by atoms with E-state index < -0.39 is 0 Å². The summed E-state index contributed by atoms with van der Waals surface area (Å²) in [5.74, 6) is 1.12. The van der Waals surface area contributed by atoms with Gasteiger partial charge >= 0.3 is 0 Å². The average Bonchev–Trinajstić information content (AvgIpc) is 3.13. The normalized spacial score (nSPS) is 20.9. The predicted octanol–water partition coefficient (Wildman–Crippen LogP) is 2.74. The maximum Gasteiger partial charge on any atom is 0.222 e. The predicted molar refractivity (Wildman–Crippen MR) is 119 cm³/mol. The smallest absolute Gasteiger partial charge is 0.222 e. The lowest BCUT2D eigenvalue weighted by molar-refractivity contribution is -0.128. The zero-order valence-corrected chi connectivity index (χ0v) is 18.1. The van der Waals surface area contributed by atoms with Gasteiger partial charge in [-0.15, -0.1) is 0 Å². The van der Waals surface area contributed by atoms with Crippen molar-refractivity contribution in [1.82, 2.24) is 20.4 Å². The summed E-state index contributed by atoms with van der Waals surface area (Å²) in [7, 11) is 1.82. The Morgan fingerprint density at radius 3 is 2.79 bits per heavy atom. The zero-order valence-electron chi connectivity index (χ0n) is 18.1. The van der Waals surface area contributed by atoms with Gasteiger partial charge in [0.2, 0.25) is 5.91 Å². The second-order valence-electron chi connectivity index (χ2n) is 8.33. The standard InChI is InChI=1S/C23H37N5O/c1-19-8-3-4-13-27(19)15-7-12-25-23(24-2)26-17-20-9-5-10-21(16-20)18-28-14-6-11-22(28)29/h5,9-10,16,19H,3-4,6-8,11-15,17-18H2,1-2H3,(H2,24,25,26). The molecule has 0 spiro atoms. The maximum absolute atomic E-state index is 11.8. The third-order valence-electron chi connectivity index (χ3n) is 6.07. The molecular weight excluding hydrogens is 362 g/mol. The Labute approximate surface area is 175 Å². The SMILES string of the molecule is CN=C(NCCCN1CCCCC1C)NCc1cccc(CN2CCCC2=O)c1. The first-order chi connectivity index (χ1) is 14.2. The van der Waals surface area contributed by atoms with Crippen LogP contribution in [0.25, 0.3) is 0 Å². The Balaban J connectivity index is 1.38. The largest absolute Gasteiger partial charge is 0.356 e. The lowest BCUT2D eigenvalue weighted by atomic mass is 10.0. The maximum atomic E-state index is 11.8. The number of nitrogens with zero attached hydrogens (tertiary/aromatic N) is 3. The van der Waals surface area contributed by atoms with Crippen molar-refractivity contribution < 1.29 is 4.79 Å². The minimum absolute atomic E-state index is 0.275. The molecule has 2 heterocycles. The number of rotatable bonds is 8. The highest BCUT2D eigenvalue weighted by molar-refractivity contribution is 5.79. The van der Waals surface area contributed by atoms with E-state index in [4.69, 9.17) is 0 Å². The molecule has 29 heavy (non-hydrogen) atoms. The molecule has 0 aliphatic carbocycles. The summed E-state index contributed by atoms with van der Waals surface area (Å²) in [5.41, 5.74) is 2.40. The first kappa shape index (κ1) is 21.6. The summed E-state index contributed by atoms with van der Waals surface area (Å²) in [4.78, 5) is 20.8. The number of carbonyl (C=O) groups is 1. The molecule has 2 saturated heterocycles. The Morgan fingerprint density at radius 1 is 1.17 bits per heavy atom. The fourth-order valence-electron chi connectivity index (χ4n) is 4.31. The molecular formula is C23H37N5O. The van der Waals surface area contributed by atoms with Gasteiger partial charge in [0.1, 0.15) is 0 Å². The molecule has 1 amide bonds. The van der Waals surface area contributed by atoms with Crippen LogP contribution in [0.4, 0.5) is 0 Å². The van der Waals surface area contributed by atoms with Crippen molar-refractivity contribution in [2.24, 2.45) is 4.99 Å². The Kier molecular flexibility index (Phi) is 8.35. The molecule has 0 saturated carbocycles. The van der Waals surface area contributed by atoms with Gasteiger partial charge in [-0.1, -0.05) is 30.7 Å². The molecule has 0 aromatic heterocycles. The second-order valence-corrected chi connectivity index (χ2v) is 8.33. The van der Waals surface area contributed by atoms with Gasteiger partial charge in [-0.3, -0.25) is 9.79 Å². The van der Waals surface area contributed by atoms with Crippen LogP contribution in [0.5, 0.6) is 0 Å². The van der Waals surface area contributed by atoms with Gasteiger partial charge in [-0.25, -0.2) is 0 Å². The van der Waals surface area contributed by atoms with Crippen LogP contribution >= 0.6 is 0 Å². The van der Waals surface area contributed by atoms with Crippen LogP contribution in [-0.4, -0.2) is 60.9 Å². The van der Waals surface area contributed by atoms with Gasteiger partial charge in [0.05, 0.1) is 0 Å². The zero-order chi connectivity index (χ0) is 20.5. The van der Waals surface area contributed by atoms with Crippen LogP contribution in [0.2, 0.25) is 0 Å². The number of aliphatic imine (C=N–C) groups is 1. The third-order valence-corrected chi connectivity index (χ3v) is 6.07. The first-order valence-corrected chi connectivity index (χ1v) is 11.2. The molecule has 1 atom stereocenters. The molecule has 1 aromatic carbocycles. The second kappa shape index (κ2) is 11.2. The van der Waals surface area contributed by atoms with Gasteiger partial charge in [-0.05, 0) is 50.3 Å². The van der Waals surface area contributed by atoms with Crippen LogP contribution in [0.15, 0.2) is 29.3 Å². The van der Waals surface area contributed by atoms with E-state index in [9.17, 15) is 4.79 Å². The Morgan fingerprint density at radius 2 is 2.03 bits per heavy atom. The molecule has 2 aliphatic heterocycles. The topological polar surface area (TPSA) is 60.0 Å². The fourth-order valence-corrected chi connectivity index (χ4v) is 4.31. The summed E-state index contributed by atoms with van der Waals surface area (Å²) in [6, 6.07) is 9.20. The molecule has 0 bridgehead atoms.